The molecule has 0 bridgehead atoms. The number of thiocarbonyl (C=S) groups is 1. The summed E-state index contributed by atoms with van der Waals surface area (Å²) in [5.74, 6) is 0. The number of nitrogens with one attached hydrogen (secondary N) is 1. The summed E-state index contributed by atoms with van der Waals surface area (Å²) in [5.41, 5.74) is 2.36. The van der Waals surface area contributed by atoms with Gasteiger partial charge in [-0.2, -0.15) is 0 Å². The first-order valence-electron chi connectivity index (χ1n) is 7.13. The van der Waals surface area contributed by atoms with E-state index >= 15 is 0 Å². The lowest BCUT2D eigenvalue weighted by Gasteiger charge is -2.30. The zero-order valence-electron chi connectivity index (χ0n) is 12.4. The number of nitrogens with zero attached hydrogens (tertiary/aromatic N) is 2. The van der Waals surface area contributed by atoms with Crippen molar-refractivity contribution in [2.75, 3.05) is 0 Å². The average Bonchev–Trinajstić information content (AvgIpc) is 3.02. The van der Waals surface area contributed by atoms with Gasteiger partial charge in [0.05, 0.1) is 17.8 Å². The van der Waals surface area contributed by atoms with Crippen LogP contribution in [0.25, 0.3) is 0 Å². The Morgan fingerprint density at radius 2 is 2.14 bits per heavy atom. The van der Waals surface area contributed by atoms with Crippen LogP contribution in [0, 0.1) is 6.92 Å². The molecule has 2 atom stereocenters. The molecule has 21 heavy (non-hydrogen) atoms. The molecule has 2 aromatic heterocycles. The van der Waals surface area contributed by atoms with Crippen molar-refractivity contribution in [3.05, 3.63) is 52.0 Å². The average molecular weight is 317 g/mol. The number of hydrogen-bond donors (Lipinski definition) is 1. The molecule has 1 aliphatic heterocycles. The Balaban J connectivity index is 2.07. The Labute approximate surface area is 135 Å². The summed E-state index contributed by atoms with van der Waals surface area (Å²) in [7, 11) is 0. The van der Waals surface area contributed by atoms with Gasteiger partial charge < -0.3 is 10.2 Å². The summed E-state index contributed by atoms with van der Waals surface area (Å²) in [6.07, 6.45) is 1.84. The third kappa shape index (κ3) is 2.56. The highest BCUT2D eigenvalue weighted by molar-refractivity contribution is 7.80. The van der Waals surface area contributed by atoms with Gasteiger partial charge in [-0.05, 0) is 62.1 Å². The van der Waals surface area contributed by atoms with Crippen molar-refractivity contribution in [3.63, 3.8) is 0 Å². The van der Waals surface area contributed by atoms with Crippen LogP contribution in [0.2, 0.25) is 0 Å². The van der Waals surface area contributed by atoms with E-state index in [1.165, 1.54) is 10.4 Å². The van der Waals surface area contributed by atoms with E-state index in [1.54, 1.807) is 11.3 Å². The molecule has 1 aliphatic rings. The van der Waals surface area contributed by atoms with Gasteiger partial charge in [0.25, 0.3) is 0 Å². The molecule has 2 unspecified atom stereocenters. The summed E-state index contributed by atoms with van der Waals surface area (Å²) in [5, 5.41) is 6.44. The van der Waals surface area contributed by atoms with Gasteiger partial charge in [0, 0.05) is 17.1 Å². The van der Waals surface area contributed by atoms with Crippen LogP contribution in [0.1, 0.15) is 42.1 Å². The van der Waals surface area contributed by atoms with Crippen LogP contribution in [0.15, 0.2) is 35.8 Å². The van der Waals surface area contributed by atoms with Crippen LogP contribution in [0.5, 0.6) is 0 Å². The van der Waals surface area contributed by atoms with Crippen molar-refractivity contribution in [3.8, 4) is 0 Å². The minimum absolute atomic E-state index is 0.110. The SMILES string of the molecule is Cc1ccsc1C1C(c2ccccn2)NC(=S)N1C(C)C. The fourth-order valence-electron chi connectivity index (χ4n) is 2.89. The van der Waals surface area contributed by atoms with E-state index in [2.05, 4.69) is 53.5 Å². The molecule has 2 aromatic rings. The van der Waals surface area contributed by atoms with Gasteiger partial charge in [0.2, 0.25) is 0 Å². The third-order valence-electron chi connectivity index (χ3n) is 3.86. The first kappa shape index (κ1) is 14.5. The number of hydrogen-bond acceptors (Lipinski definition) is 3. The van der Waals surface area contributed by atoms with Crippen molar-refractivity contribution >= 4 is 28.7 Å². The first-order chi connectivity index (χ1) is 10.1. The highest BCUT2D eigenvalue weighted by Gasteiger charge is 2.41. The number of thiophene rings is 1. The smallest absolute Gasteiger partial charge is 0.170 e. The second-order valence-corrected chi connectivity index (χ2v) is 6.93. The summed E-state index contributed by atoms with van der Waals surface area (Å²) < 4.78 is 0. The normalized spacial score (nSPS) is 21.9. The maximum atomic E-state index is 5.58. The lowest BCUT2D eigenvalue weighted by atomic mass is 10.00. The third-order valence-corrected chi connectivity index (χ3v) is 5.28. The van der Waals surface area contributed by atoms with Crippen LogP contribution in [0.4, 0.5) is 0 Å². The van der Waals surface area contributed by atoms with Crippen LogP contribution in [-0.4, -0.2) is 21.0 Å². The number of aryl methyl sites for hydroxylation is 1. The van der Waals surface area contributed by atoms with Crippen molar-refractivity contribution in [2.45, 2.75) is 38.9 Å². The Hall–Kier alpha value is -1.46. The van der Waals surface area contributed by atoms with Gasteiger partial charge in [-0.1, -0.05) is 6.07 Å². The van der Waals surface area contributed by atoms with E-state index in [0.29, 0.717) is 6.04 Å². The van der Waals surface area contributed by atoms with E-state index in [4.69, 9.17) is 12.2 Å². The van der Waals surface area contributed by atoms with E-state index in [9.17, 15) is 0 Å². The number of rotatable bonds is 3. The summed E-state index contributed by atoms with van der Waals surface area (Å²) >= 11 is 7.38. The minimum atomic E-state index is 0.110. The molecule has 1 fully saturated rings. The van der Waals surface area contributed by atoms with Gasteiger partial charge in [-0.3, -0.25) is 4.98 Å². The summed E-state index contributed by atoms with van der Waals surface area (Å²) in [6.45, 7) is 6.54. The lowest BCUT2D eigenvalue weighted by molar-refractivity contribution is 0.272. The zero-order chi connectivity index (χ0) is 15.0. The minimum Gasteiger partial charge on any atom is -0.352 e. The molecule has 3 heterocycles. The Morgan fingerprint density at radius 3 is 2.71 bits per heavy atom. The van der Waals surface area contributed by atoms with Crippen molar-refractivity contribution in [1.29, 1.82) is 0 Å². The molecule has 0 aliphatic carbocycles. The molecule has 5 heteroatoms. The van der Waals surface area contributed by atoms with Crippen molar-refractivity contribution in [1.82, 2.24) is 15.2 Å². The molecule has 0 spiro atoms. The van der Waals surface area contributed by atoms with Crippen LogP contribution in [0.3, 0.4) is 0 Å². The van der Waals surface area contributed by atoms with Crippen LogP contribution >= 0.6 is 23.6 Å². The highest BCUT2D eigenvalue weighted by atomic mass is 32.1. The monoisotopic (exact) mass is 317 g/mol. The maximum absolute atomic E-state index is 5.58. The molecule has 0 radical (unpaired) electrons. The molecule has 0 saturated carbocycles. The Morgan fingerprint density at radius 1 is 1.33 bits per heavy atom. The van der Waals surface area contributed by atoms with Crippen molar-refractivity contribution < 1.29 is 0 Å². The second kappa shape index (κ2) is 5.73. The fourth-order valence-corrected chi connectivity index (χ4v) is 4.40. The standard InChI is InChI=1S/C16H19N3S2/c1-10(2)19-14(15-11(3)7-9-21-15)13(18-16(19)20)12-6-4-5-8-17-12/h4-10,13-14H,1-3H3,(H,18,20). The van der Waals surface area contributed by atoms with Gasteiger partial charge in [-0.25, -0.2) is 0 Å². The molecule has 1 saturated heterocycles. The molecule has 0 amide bonds. The van der Waals surface area contributed by atoms with Crippen molar-refractivity contribution in [2.24, 2.45) is 0 Å². The number of aromatic nitrogens is 1. The van der Waals surface area contributed by atoms with Gasteiger partial charge in [0.1, 0.15) is 0 Å². The Bertz CT molecular complexity index is 636. The predicted molar refractivity (Wildman–Crippen MR) is 91.5 cm³/mol. The first-order valence-corrected chi connectivity index (χ1v) is 8.42. The molecule has 1 N–H and O–H groups in total. The lowest BCUT2D eigenvalue weighted by Crippen LogP contribution is -2.35. The van der Waals surface area contributed by atoms with E-state index in [-0.39, 0.29) is 12.1 Å². The second-order valence-electron chi connectivity index (χ2n) is 5.60. The van der Waals surface area contributed by atoms with Gasteiger partial charge in [-0.15, -0.1) is 11.3 Å². The summed E-state index contributed by atoms with van der Waals surface area (Å²) in [6, 6.07) is 8.90. The quantitative estimate of drug-likeness (QED) is 0.871. The molecule has 0 aromatic carbocycles. The molecule has 3 rings (SSSR count). The van der Waals surface area contributed by atoms with Crippen LogP contribution in [-0.2, 0) is 0 Å². The number of pyridine rings is 1. The largest absolute Gasteiger partial charge is 0.352 e. The topological polar surface area (TPSA) is 28.2 Å². The van der Waals surface area contributed by atoms with Gasteiger partial charge >= 0.3 is 0 Å². The Kier molecular flexibility index (Phi) is 3.95. The van der Waals surface area contributed by atoms with E-state index in [0.717, 1.165) is 10.8 Å². The molecule has 3 nitrogen and oxygen atoms in total. The highest BCUT2D eigenvalue weighted by Crippen LogP contribution is 2.42. The van der Waals surface area contributed by atoms with E-state index < -0.39 is 0 Å². The molecular formula is C16H19N3S2. The van der Waals surface area contributed by atoms with Crippen LogP contribution < -0.4 is 5.32 Å². The predicted octanol–water partition coefficient (Wildman–Crippen LogP) is 3.83. The summed E-state index contributed by atoms with van der Waals surface area (Å²) in [4.78, 5) is 8.20. The zero-order valence-corrected chi connectivity index (χ0v) is 14.0. The van der Waals surface area contributed by atoms with E-state index in [1.807, 2.05) is 18.3 Å². The fraction of sp³-hybridized carbons (Fsp3) is 0.375. The maximum Gasteiger partial charge on any atom is 0.170 e. The van der Waals surface area contributed by atoms with Gasteiger partial charge in [0.15, 0.2) is 5.11 Å². The molecular weight excluding hydrogens is 298 g/mol. The molecule has 110 valence electrons.